The van der Waals surface area contributed by atoms with Crippen LogP contribution in [0, 0.1) is 0 Å². The topological polar surface area (TPSA) is 46.5 Å². The fraction of sp³-hybridized carbons (Fsp3) is 0. The van der Waals surface area contributed by atoms with Crippen LogP contribution in [0.1, 0.15) is 0 Å². The van der Waals surface area contributed by atoms with Crippen molar-refractivity contribution < 1.29 is 14.2 Å². The zero-order valence-corrected chi connectivity index (χ0v) is 4.12. The molecule has 0 bridgehead atoms. The highest BCUT2D eigenvalue weighted by Gasteiger charge is 1.84. The highest BCUT2D eigenvalue weighted by molar-refractivity contribution is 6.12. The first-order chi connectivity index (χ1) is 2.27. The number of carboxylic acid groups (broad SMARTS) is 1. The van der Waals surface area contributed by atoms with Crippen LogP contribution in [0.5, 0.6) is 0 Å². The molecule has 0 radical (unpaired) electrons. The molecule has 0 rings (SSSR count). The van der Waals surface area contributed by atoms with Crippen molar-refractivity contribution in [3.05, 3.63) is 0 Å². The lowest BCUT2D eigenvalue weighted by Crippen LogP contribution is -1.85. The van der Waals surface area contributed by atoms with Gasteiger partial charge in [0.2, 0.25) is 0 Å². The molecule has 5 heteroatoms. The number of rotatable bonds is 0. The first-order valence-corrected chi connectivity index (χ1v) is 1.09. The van der Waals surface area contributed by atoms with E-state index in [1.165, 1.54) is 0 Å². The van der Waals surface area contributed by atoms with Gasteiger partial charge in [0, 0.05) is 0 Å². The maximum Gasteiger partial charge on any atom is 0.524 e. The van der Waals surface area contributed by atoms with Crippen molar-refractivity contribution in [1.29, 1.82) is 0 Å². The molecule has 0 saturated carbocycles. The molecule has 0 aliphatic rings. The minimum absolute atomic E-state index is 0. The van der Waals surface area contributed by atoms with Crippen LogP contribution in [0.4, 0.5) is 4.79 Å². The van der Waals surface area contributed by atoms with E-state index in [-0.39, 0.29) is 12.4 Å². The second-order valence-corrected chi connectivity index (χ2v) is 0.497. The lowest BCUT2D eigenvalue weighted by Gasteiger charge is -1.73. The second kappa shape index (κ2) is 4.85. The molecule has 3 nitrogen and oxygen atoms in total. The number of hydrogen-bond donors (Lipinski definition) is 1. The predicted octanol–water partition coefficient (Wildman–Crippen LogP) is 1.26. The van der Waals surface area contributed by atoms with Crippen molar-refractivity contribution in [2.45, 2.75) is 0 Å². The van der Waals surface area contributed by atoms with Crippen molar-refractivity contribution >= 4 is 30.4 Å². The number of hydrogen-bond acceptors (Lipinski definition) is 2. The summed E-state index contributed by atoms with van der Waals surface area (Å²) in [6.45, 7) is 0. The molecule has 6 heavy (non-hydrogen) atoms. The lowest BCUT2D eigenvalue weighted by molar-refractivity contribution is 0.149. The fourth-order valence-electron chi connectivity index (χ4n) is 0. The lowest BCUT2D eigenvalue weighted by atomic mass is 11.5. The van der Waals surface area contributed by atoms with Gasteiger partial charge in [-0.05, 0) is 0 Å². The molecular weight excluding hydrogens is 131 g/mol. The highest BCUT2D eigenvalue weighted by Crippen LogP contribution is 1.75. The Morgan fingerprint density at radius 2 is 2.00 bits per heavy atom. The number of halogens is 2. The van der Waals surface area contributed by atoms with Crippen LogP contribution in [0.3, 0.4) is 0 Å². The largest absolute Gasteiger partial charge is 0.524 e. The van der Waals surface area contributed by atoms with Crippen LogP contribution in [-0.4, -0.2) is 11.3 Å². The molecule has 0 unspecified atom stereocenters. The molecule has 0 saturated heterocycles. The summed E-state index contributed by atoms with van der Waals surface area (Å²) in [5.74, 6) is 0. The molecule has 1 N–H and O–H groups in total. The van der Waals surface area contributed by atoms with Crippen molar-refractivity contribution in [3.63, 3.8) is 0 Å². The summed E-state index contributed by atoms with van der Waals surface area (Å²) in [7, 11) is 0. The maximum atomic E-state index is 9.01. The minimum atomic E-state index is -1.48. The monoisotopic (exact) mass is 132 g/mol. The van der Waals surface area contributed by atoms with Gasteiger partial charge in [-0.3, -0.25) is 0 Å². The molecule has 0 amide bonds. The highest BCUT2D eigenvalue weighted by atomic mass is 35.5. The van der Waals surface area contributed by atoms with Gasteiger partial charge in [0.25, 0.3) is 0 Å². The van der Waals surface area contributed by atoms with Crippen LogP contribution in [0.2, 0.25) is 0 Å². The van der Waals surface area contributed by atoms with Crippen molar-refractivity contribution in [2.24, 2.45) is 0 Å². The summed E-state index contributed by atoms with van der Waals surface area (Å²) in [5, 5.41) is 7.37. The van der Waals surface area contributed by atoms with Crippen LogP contribution in [-0.2, 0) is 4.29 Å². The Kier molecular flexibility index (Phi) is 7.50. The van der Waals surface area contributed by atoms with Gasteiger partial charge in [-0.15, -0.1) is 12.4 Å². The van der Waals surface area contributed by atoms with E-state index in [4.69, 9.17) is 9.90 Å². The zero-order valence-electron chi connectivity index (χ0n) is 2.55. The van der Waals surface area contributed by atoms with Gasteiger partial charge >= 0.3 is 6.16 Å². The molecule has 0 aromatic heterocycles. The van der Waals surface area contributed by atoms with Gasteiger partial charge in [-0.2, -0.15) is 0 Å². The molecule has 0 aromatic rings. The molecular formula is CH2Cl2O3. The standard InChI is InChI=1S/CHClO3.ClH/c2-5-1(3)4;/h(H,3,4);1H. The quantitative estimate of drug-likeness (QED) is 0.540. The fourth-order valence-corrected chi connectivity index (χ4v) is 0. The third-order valence-electron chi connectivity index (χ3n) is 0.0660. The maximum absolute atomic E-state index is 9.01. The molecule has 0 fully saturated rings. The molecule has 0 spiro atoms. The Bertz CT molecular complexity index is 44.1. The summed E-state index contributed by atoms with van der Waals surface area (Å²) in [6, 6.07) is 0. The average Bonchev–Trinajstić information content (AvgIpc) is 1.38. The molecule has 38 valence electrons. The molecule has 0 atom stereocenters. The third-order valence-corrected chi connectivity index (χ3v) is 0.198. The zero-order chi connectivity index (χ0) is 4.28. The van der Waals surface area contributed by atoms with E-state index >= 15 is 0 Å². The summed E-state index contributed by atoms with van der Waals surface area (Å²) in [6.07, 6.45) is -1.48. The van der Waals surface area contributed by atoms with Crippen LogP contribution >= 0.6 is 24.3 Å². The Hall–Kier alpha value is -0.150. The van der Waals surface area contributed by atoms with E-state index in [2.05, 4.69) is 16.2 Å². The van der Waals surface area contributed by atoms with E-state index < -0.39 is 6.16 Å². The summed E-state index contributed by atoms with van der Waals surface area (Å²) in [4.78, 5) is 9.01. The van der Waals surface area contributed by atoms with Crippen molar-refractivity contribution in [3.8, 4) is 0 Å². The van der Waals surface area contributed by atoms with Gasteiger partial charge in [-0.1, -0.05) is 0 Å². The van der Waals surface area contributed by atoms with E-state index in [1.807, 2.05) is 0 Å². The minimum Gasteiger partial charge on any atom is -0.449 e. The predicted molar refractivity (Wildman–Crippen MR) is 22.2 cm³/mol. The molecule has 0 aliphatic carbocycles. The van der Waals surface area contributed by atoms with Crippen LogP contribution < -0.4 is 0 Å². The summed E-state index contributed by atoms with van der Waals surface area (Å²) >= 11 is 4.24. The first kappa shape index (κ1) is 9.28. The first-order valence-electron chi connectivity index (χ1n) is 0.786. The number of carbonyl (C=O) groups is 1. The van der Waals surface area contributed by atoms with Gasteiger partial charge in [0.05, 0.1) is 0 Å². The van der Waals surface area contributed by atoms with E-state index in [0.29, 0.717) is 0 Å². The molecule has 0 aliphatic heterocycles. The summed E-state index contributed by atoms with van der Waals surface area (Å²) < 4.78 is 3.14. The van der Waals surface area contributed by atoms with Gasteiger partial charge in [0.1, 0.15) is 11.9 Å². The van der Waals surface area contributed by atoms with Gasteiger partial charge in [0.15, 0.2) is 0 Å². The second-order valence-electron chi connectivity index (χ2n) is 0.343. The average molecular weight is 133 g/mol. The van der Waals surface area contributed by atoms with Crippen molar-refractivity contribution in [1.82, 2.24) is 0 Å². The van der Waals surface area contributed by atoms with Gasteiger partial charge < -0.3 is 9.40 Å². The van der Waals surface area contributed by atoms with Crippen molar-refractivity contribution in [2.75, 3.05) is 0 Å². The van der Waals surface area contributed by atoms with Crippen LogP contribution in [0.15, 0.2) is 0 Å². The van der Waals surface area contributed by atoms with E-state index in [9.17, 15) is 0 Å². The normalized spacial score (nSPS) is 5.50. The Morgan fingerprint density at radius 3 is 2.00 bits per heavy atom. The molecule has 0 aromatic carbocycles. The smallest absolute Gasteiger partial charge is 0.449 e. The third kappa shape index (κ3) is 9.14. The Morgan fingerprint density at radius 1 is 1.83 bits per heavy atom. The summed E-state index contributed by atoms with van der Waals surface area (Å²) in [5.41, 5.74) is 0. The Balaban J connectivity index is 0. The Labute approximate surface area is 45.4 Å². The SMILES string of the molecule is Cl.O=C(O)OCl. The van der Waals surface area contributed by atoms with Gasteiger partial charge in [-0.25, -0.2) is 4.79 Å². The van der Waals surface area contributed by atoms with Crippen LogP contribution in [0.25, 0.3) is 0 Å². The molecule has 0 heterocycles. The van der Waals surface area contributed by atoms with E-state index in [1.54, 1.807) is 0 Å². The van der Waals surface area contributed by atoms with E-state index in [0.717, 1.165) is 0 Å².